The van der Waals surface area contributed by atoms with Crippen molar-refractivity contribution < 1.29 is 13.2 Å². The van der Waals surface area contributed by atoms with Crippen LogP contribution in [0.4, 0.5) is 13.2 Å². The Hall–Kier alpha value is -1.17. The fraction of sp³-hybridized carbons (Fsp3) is 0.600. The standard InChI is InChI=1S/C10H14F3N3/c1-6(14)8-5-15-9(16-7(8)2)3-4-10(11,12)13/h5-6H,3-4,14H2,1-2H3. The molecule has 0 radical (unpaired) electrons. The van der Waals surface area contributed by atoms with E-state index in [0.717, 1.165) is 5.56 Å². The van der Waals surface area contributed by atoms with Crippen LogP contribution in [-0.4, -0.2) is 16.1 Å². The minimum Gasteiger partial charge on any atom is -0.324 e. The second-order valence-corrected chi connectivity index (χ2v) is 3.73. The van der Waals surface area contributed by atoms with Crippen molar-refractivity contribution in [3.8, 4) is 0 Å². The lowest BCUT2D eigenvalue weighted by Gasteiger charge is -2.10. The van der Waals surface area contributed by atoms with Gasteiger partial charge in [-0.25, -0.2) is 9.97 Å². The van der Waals surface area contributed by atoms with Crippen LogP contribution in [0, 0.1) is 6.92 Å². The second-order valence-electron chi connectivity index (χ2n) is 3.73. The van der Waals surface area contributed by atoms with E-state index in [-0.39, 0.29) is 18.3 Å². The van der Waals surface area contributed by atoms with Gasteiger partial charge in [0.1, 0.15) is 5.82 Å². The summed E-state index contributed by atoms with van der Waals surface area (Å²) in [6.45, 7) is 3.50. The highest BCUT2D eigenvalue weighted by Crippen LogP contribution is 2.21. The molecule has 1 aromatic heterocycles. The number of aryl methyl sites for hydroxylation is 2. The molecule has 1 rings (SSSR count). The smallest absolute Gasteiger partial charge is 0.324 e. The Morgan fingerprint density at radius 3 is 2.50 bits per heavy atom. The predicted molar refractivity (Wildman–Crippen MR) is 53.7 cm³/mol. The summed E-state index contributed by atoms with van der Waals surface area (Å²) in [4.78, 5) is 7.88. The van der Waals surface area contributed by atoms with Gasteiger partial charge in [0.05, 0.1) is 6.42 Å². The van der Waals surface area contributed by atoms with E-state index in [1.54, 1.807) is 13.8 Å². The molecule has 0 amide bonds. The summed E-state index contributed by atoms with van der Waals surface area (Å²) in [5.74, 6) is 0.208. The number of aromatic nitrogens is 2. The highest BCUT2D eigenvalue weighted by molar-refractivity contribution is 5.19. The molecule has 0 aromatic carbocycles. The number of rotatable bonds is 3. The lowest BCUT2D eigenvalue weighted by Crippen LogP contribution is -2.13. The van der Waals surface area contributed by atoms with Gasteiger partial charge in [0.2, 0.25) is 0 Å². The molecule has 1 heterocycles. The highest BCUT2D eigenvalue weighted by Gasteiger charge is 2.27. The van der Waals surface area contributed by atoms with Gasteiger partial charge in [0.25, 0.3) is 0 Å². The number of nitrogens with zero attached hydrogens (tertiary/aromatic N) is 2. The highest BCUT2D eigenvalue weighted by atomic mass is 19.4. The Morgan fingerprint density at radius 1 is 1.44 bits per heavy atom. The maximum Gasteiger partial charge on any atom is 0.389 e. The number of alkyl halides is 3. The van der Waals surface area contributed by atoms with E-state index in [2.05, 4.69) is 9.97 Å². The zero-order chi connectivity index (χ0) is 12.3. The molecule has 1 atom stereocenters. The topological polar surface area (TPSA) is 51.8 Å². The summed E-state index contributed by atoms with van der Waals surface area (Å²) in [5.41, 5.74) is 7.05. The van der Waals surface area contributed by atoms with Crippen LogP contribution in [-0.2, 0) is 6.42 Å². The fourth-order valence-electron chi connectivity index (χ4n) is 1.35. The normalized spacial score (nSPS) is 13.9. The zero-order valence-corrected chi connectivity index (χ0v) is 9.17. The number of hydrogen-bond donors (Lipinski definition) is 1. The van der Waals surface area contributed by atoms with Crippen LogP contribution in [0.1, 0.15) is 36.5 Å². The van der Waals surface area contributed by atoms with Crippen LogP contribution in [0.15, 0.2) is 6.20 Å². The largest absolute Gasteiger partial charge is 0.389 e. The van der Waals surface area contributed by atoms with Crippen molar-refractivity contribution in [3.05, 3.63) is 23.3 Å². The van der Waals surface area contributed by atoms with Gasteiger partial charge in [0.15, 0.2) is 0 Å². The van der Waals surface area contributed by atoms with E-state index >= 15 is 0 Å². The molecule has 3 nitrogen and oxygen atoms in total. The van der Waals surface area contributed by atoms with Crippen molar-refractivity contribution in [3.63, 3.8) is 0 Å². The molecule has 0 aliphatic heterocycles. The van der Waals surface area contributed by atoms with E-state index in [9.17, 15) is 13.2 Å². The van der Waals surface area contributed by atoms with Crippen LogP contribution in [0.5, 0.6) is 0 Å². The Bertz CT molecular complexity index is 361. The molecule has 0 saturated heterocycles. The predicted octanol–water partition coefficient (Wildman–Crippen LogP) is 2.30. The summed E-state index contributed by atoms with van der Waals surface area (Å²) in [5, 5.41) is 0. The van der Waals surface area contributed by atoms with E-state index in [1.165, 1.54) is 6.20 Å². The van der Waals surface area contributed by atoms with Crippen LogP contribution < -0.4 is 5.73 Å². The van der Waals surface area contributed by atoms with Gasteiger partial charge in [-0.05, 0) is 13.8 Å². The van der Waals surface area contributed by atoms with Crippen LogP contribution in [0.3, 0.4) is 0 Å². The molecule has 0 aliphatic carbocycles. The lowest BCUT2D eigenvalue weighted by atomic mass is 10.1. The number of nitrogens with two attached hydrogens (primary N) is 1. The second kappa shape index (κ2) is 4.78. The molecular formula is C10H14F3N3. The minimum absolute atomic E-state index is 0.191. The Morgan fingerprint density at radius 2 is 2.06 bits per heavy atom. The van der Waals surface area contributed by atoms with Crippen molar-refractivity contribution in [1.82, 2.24) is 9.97 Å². The molecule has 1 aromatic rings. The fourth-order valence-corrected chi connectivity index (χ4v) is 1.35. The van der Waals surface area contributed by atoms with Crippen molar-refractivity contribution >= 4 is 0 Å². The third-order valence-corrected chi connectivity index (χ3v) is 2.19. The van der Waals surface area contributed by atoms with Crippen LogP contribution >= 0.6 is 0 Å². The molecule has 1 unspecified atom stereocenters. The van der Waals surface area contributed by atoms with Gasteiger partial charge in [-0.3, -0.25) is 0 Å². The van der Waals surface area contributed by atoms with E-state index < -0.39 is 12.6 Å². The van der Waals surface area contributed by atoms with Crippen LogP contribution in [0.25, 0.3) is 0 Å². The van der Waals surface area contributed by atoms with Gasteiger partial charge in [-0.2, -0.15) is 13.2 Å². The van der Waals surface area contributed by atoms with Crippen molar-refractivity contribution in [2.24, 2.45) is 5.73 Å². The first kappa shape index (κ1) is 12.9. The van der Waals surface area contributed by atoms with E-state index in [4.69, 9.17) is 5.73 Å². The molecule has 2 N–H and O–H groups in total. The monoisotopic (exact) mass is 233 g/mol. The van der Waals surface area contributed by atoms with Crippen LogP contribution in [0.2, 0.25) is 0 Å². The molecular weight excluding hydrogens is 219 g/mol. The summed E-state index contributed by atoms with van der Waals surface area (Å²) in [6, 6.07) is -0.211. The third kappa shape index (κ3) is 3.77. The Balaban J connectivity index is 2.74. The van der Waals surface area contributed by atoms with Crippen molar-refractivity contribution in [2.45, 2.75) is 38.9 Å². The summed E-state index contributed by atoms with van der Waals surface area (Å²) in [7, 11) is 0. The summed E-state index contributed by atoms with van der Waals surface area (Å²) >= 11 is 0. The van der Waals surface area contributed by atoms with Gasteiger partial charge in [0, 0.05) is 29.9 Å². The number of hydrogen-bond acceptors (Lipinski definition) is 3. The zero-order valence-electron chi connectivity index (χ0n) is 9.17. The average Bonchev–Trinajstić information content (AvgIpc) is 2.13. The molecule has 6 heteroatoms. The van der Waals surface area contributed by atoms with Crippen molar-refractivity contribution in [1.29, 1.82) is 0 Å². The molecule has 0 spiro atoms. The van der Waals surface area contributed by atoms with E-state index in [0.29, 0.717) is 5.69 Å². The summed E-state index contributed by atoms with van der Waals surface area (Å²) in [6.07, 6.45) is -3.76. The molecule has 0 fully saturated rings. The lowest BCUT2D eigenvalue weighted by molar-refractivity contribution is -0.134. The first-order valence-corrected chi connectivity index (χ1v) is 4.94. The maximum atomic E-state index is 12.0. The maximum absolute atomic E-state index is 12.0. The molecule has 0 aliphatic rings. The quantitative estimate of drug-likeness (QED) is 0.871. The van der Waals surface area contributed by atoms with Gasteiger partial charge >= 0.3 is 6.18 Å². The molecule has 0 saturated carbocycles. The van der Waals surface area contributed by atoms with Gasteiger partial charge < -0.3 is 5.73 Å². The first-order valence-electron chi connectivity index (χ1n) is 4.94. The van der Waals surface area contributed by atoms with E-state index in [1.807, 2.05) is 0 Å². The average molecular weight is 233 g/mol. The van der Waals surface area contributed by atoms with Crippen molar-refractivity contribution in [2.75, 3.05) is 0 Å². The third-order valence-electron chi connectivity index (χ3n) is 2.19. The molecule has 16 heavy (non-hydrogen) atoms. The Kier molecular flexibility index (Phi) is 3.85. The SMILES string of the molecule is Cc1nc(CCC(F)(F)F)ncc1C(C)N. The first-order chi connectivity index (χ1) is 7.29. The Labute approximate surface area is 91.9 Å². The molecule has 90 valence electrons. The minimum atomic E-state index is -4.17. The van der Waals surface area contributed by atoms with Gasteiger partial charge in [-0.1, -0.05) is 0 Å². The summed E-state index contributed by atoms with van der Waals surface area (Å²) < 4.78 is 35.9. The van der Waals surface area contributed by atoms with Gasteiger partial charge in [-0.15, -0.1) is 0 Å². The number of halogens is 3. The molecule has 0 bridgehead atoms.